The van der Waals surface area contributed by atoms with Gasteiger partial charge in [0, 0.05) is 28.4 Å². The van der Waals surface area contributed by atoms with E-state index >= 15 is 0 Å². The highest BCUT2D eigenvalue weighted by molar-refractivity contribution is 8.14. The second-order valence-corrected chi connectivity index (χ2v) is 6.10. The van der Waals surface area contributed by atoms with Crippen LogP contribution in [-0.2, 0) is 9.05 Å². The number of nitrogens with zero attached hydrogens (tertiary/aromatic N) is 1. The highest BCUT2D eigenvalue weighted by atomic mass is 35.7. The van der Waals surface area contributed by atoms with Crippen molar-refractivity contribution in [2.45, 2.75) is 37.0 Å². The molecule has 1 fully saturated rings. The monoisotopic (exact) mass is 227 g/mol. The van der Waals surface area contributed by atoms with Gasteiger partial charge < -0.3 is 0 Å². The molecule has 0 saturated heterocycles. The van der Waals surface area contributed by atoms with Crippen LogP contribution < -0.4 is 0 Å². The summed E-state index contributed by atoms with van der Waals surface area (Å²) in [6.07, 6.45) is 1.22. The Balaban J connectivity index is 2.53. The summed E-state index contributed by atoms with van der Waals surface area (Å²) < 4.78 is 21.7. The number of nitro groups is 1. The van der Waals surface area contributed by atoms with Gasteiger partial charge in [-0.25, -0.2) is 8.42 Å². The molecular weight excluding hydrogens is 218 g/mol. The first-order valence-electron chi connectivity index (χ1n) is 3.98. The lowest BCUT2D eigenvalue weighted by molar-refractivity contribution is -0.526. The van der Waals surface area contributed by atoms with Crippen LogP contribution in [0.15, 0.2) is 0 Å². The maximum atomic E-state index is 10.9. The Morgan fingerprint density at radius 1 is 1.23 bits per heavy atom. The lowest BCUT2D eigenvalue weighted by atomic mass is 9.96. The average Bonchev–Trinajstić information content (AvgIpc) is 2.03. The SMILES string of the molecule is O=[N+]([O-])C1CCC(S(=O)(=O)Cl)CC1. The van der Waals surface area contributed by atoms with E-state index in [0.717, 1.165) is 0 Å². The molecule has 1 rings (SSSR count). The van der Waals surface area contributed by atoms with E-state index in [1.54, 1.807) is 0 Å². The molecule has 1 aliphatic rings. The molecular formula is C6H10ClNO4S. The van der Waals surface area contributed by atoms with Crippen LogP contribution in [0.3, 0.4) is 0 Å². The van der Waals surface area contributed by atoms with Crippen LogP contribution in [0.4, 0.5) is 0 Å². The summed E-state index contributed by atoms with van der Waals surface area (Å²) in [7, 11) is 1.62. The molecule has 0 aromatic rings. The molecule has 0 heterocycles. The normalized spacial score (nSPS) is 29.9. The molecule has 1 aliphatic carbocycles. The molecule has 1 saturated carbocycles. The van der Waals surface area contributed by atoms with Crippen molar-refractivity contribution in [1.82, 2.24) is 0 Å². The van der Waals surface area contributed by atoms with Gasteiger partial charge in [-0.15, -0.1) is 0 Å². The van der Waals surface area contributed by atoms with E-state index in [9.17, 15) is 18.5 Å². The minimum absolute atomic E-state index is 0.303. The van der Waals surface area contributed by atoms with Gasteiger partial charge in [0.2, 0.25) is 15.1 Å². The third kappa shape index (κ3) is 2.80. The van der Waals surface area contributed by atoms with Crippen LogP contribution in [-0.4, -0.2) is 24.6 Å². The topological polar surface area (TPSA) is 77.3 Å². The van der Waals surface area contributed by atoms with E-state index in [-0.39, 0.29) is 4.92 Å². The maximum Gasteiger partial charge on any atom is 0.235 e. The first-order chi connectivity index (χ1) is 5.91. The summed E-state index contributed by atoms with van der Waals surface area (Å²) in [5, 5.41) is 9.74. The van der Waals surface area contributed by atoms with E-state index in [2.05, 4.69) is 0 Å². The van der Waals surface area contributed by atoms with Crippen molar-refractivity contribution < 1.29 is 13.3 Å². The Bertz CT molecular complexity index is 294. The lowest BCUT2D eigenvalue weighted by Gasteiger charge is -2.20. The smallest absolute Gasteiger partial charge is 0.235 e. The molecule has 0 aromatic carbocycles. The van der Waals surface area contributed by atoms with Crippen LogP contribution >= 0.6 is 10.7 Å². The van der Waals surface area contributed by atoms with E-state index in [0.29, 0.717) is 25.7 Å². The van der Waals surface area contributed by atoms with Gasteiger partial charge in [-0.05, 0) is 12.8 Å². The Kier molecular flexibility index (Phi) is 3.13. The van der Waals surface area contributed by atoms with Crippen molar-refractivity contribution in [3.05, 3.63) is 10.1 Å². The summed E-state index contributed by atoms with van der Waals surface area (Å²) in [6, 6.07) is -0.588. The maximum absolute atomic E-state index is 10.9. The molecule has 7 heteroatoms. The zero-order valence-electron chi connectivity index (χ0n) is 6.85. The highest BCUT2D eigenvalue weighted by Gasteiger charge is 2.34. The van der Waals surface area contributed by atoms with Crippen LogP contribution in [0, 0.1) is 10.1 Å². The fourth-order valence-corrected chi connectivity index (χ4v) is 2.91. The van der Waals surface area contributed by atoms with Crippen LogP contribution in [0.25, 0.3) is 0 Å². The molecule has 0 radical (unpaired) electrons. The molecule has 0 aromatic heterocycles. The predicted molar refractivity (Wildman–Crippen MR) is 47.8 cm³/mol. The van der Waals surface area contributed by atoms with Gasteiger partial charge in [-0.3, -0.25) is 10.1 Å². The first kappa shape index (κ1) is 10.7. The van der Waals surface area contributed by atoms with Gasteiger partial charge in [-0.2, -0.15) is 0 Å². The number of hydrogen-bond donors (Lipinski definition) is 0. The Morgan fingerprint density at radius 2 is 1.69 bits per heavy atom. The fourth-order valence-electron chi connectivity index (χ4n) is 1.54. The summed E-state index contributed by atoms with van der Waals surface area (Å²) in [4.78, 5) is 9.98. The largest absolute Gasteiger partial charge is 0.264 e. The zero-order chi connectivity index (χ0) is 10.1. The molecule has 0 bridgehead atoms. The standard InChI is InChI=1S/C6H10ClNO4S/c7-13(11,12)6-3-1-5(2-4-6)8(9)10/h5-6H,1-4H2. The minimum atomic E-state index is -3.53. The summed E-state index contributed by atoms with van der Waals surface area (Å²) in [6.45, 7) is 0. The molecule has 0 spiro atoms. The zero-order valence-corrected chi connectivity index (χ0v) is 8.42. The minimum Gasteiger partial charge on any atom is -0.264 e. The Hall–Kier alpha value is -0.360. The Morgan fingerprint density at radius 3 is 2.00 bits per heavy atom. The third-order valence-electron chi connectivity index (χ3n) is 2.34. The summed E-state index contributed by atoms with van der Waals surface area (Å²) in [5.74, 6) is 0. The second-order valence-electron chi connectivity index (χ2n) is 3.19. The summed E-state index contributed by atoms with van der Waals surface area (Å²) >= 11 is 0. The van der Waals surface area contributed by atoms with Crippen molar-refractivity contribution in [2.24, 2.45) is 0 Å². The first-order valence-corrected chi connectivity index (χ1v) is 6.35. The van der Waals surface area contributed by atoms with E-state index < -0.39 is 20.3 Å². The van der Waals surface area contributed by atoms with Crippen molar-refractivity contribution in [3.63, 3.8) is 0 Å². The van der Waals surface area contributed by atoms with Gasteiger partial charge in [0.05, 0.1) is 5.25 Å². The van der Waals surface area contributed by atoms with Crippen molar-refractivity contribution in [3.8, 4) is 0 Å². The van der Waals surface area contributed by atoms with Gasteiger partial charge >= 0.3 is 0 Å². The average molecular weight is 228 g/mol. The Labute approximate surface area is 80.6 Å². The predicted octanol–water partition coefficient (Wildman–Crippen LogP) is 1.14. The third-order valence-corrected chi connectivity index (χ3v) is 4.36. The van der Waals surface area contributed by atoms with Gasteiger partial charge in [0.1, 0.15) is 0 Å². The molecule has 0 unspecified atom stereocenters. The molecule has 0 amide bonds. The van der Waals surface area contributed by atoms with Gasteiger partial charge in [0.15, 0.2) is 0 Å². The number of hydrogen-bond acceptors (Lipinski definition) is 4. The number of halogens is 1. The van der Waals surface area contributed by atoms with Crippen molar-refractivity contribution >= 4 is 19.7 Å². The number of rotatable bonds is 2. The fraction of sp³-hybridized carbons (Fsp3) is 1.00. The van der Waals surface area contributed by atoms with Crippen molar-refractivity contribution in [2.75, 3.05) is 0 Å². The van der Waals surface area contributed by atoms with Crippen LogP contribution in [0.2, 0.25) is 0 Å². The van der Waals surface area contributed by atoms with Gasteiger partial charge in [0.25, 0.3) is 0 Å². The van der Waals surface area contributed by atoms with Crippen molar-refractivity contribution in [1.29, 1.82) is 0 Å². The van der Waals surface area contributed by atoms with Crippen LogP contribution in [0.5, 0.6) is 0 Å². The highest BCUT2D eigenvalue weighted by Crippen LogP contribution is 2.27. The molecule has 76 valence electrons. The second kappa shape index (κ2) is 3.79. The van der Waals surface area contributed by atoms with E-state index in [1.807, 2.05) is 0 Å². The molecule has 13 heavy (non-hydrogen) atoms. The molecule has 0 N–H and O–H groups in total. The van der Waals surface area contributed by atoms with E-state index in [1.165, 1.54) is 0 Å². The van der Waals surface area contributed by atoms with E-state index in [4.69, 9.17) is 10.7 Å². The lowest BCUT2D eigenvalue weighted by Crippen LogP contribution is -2.30. The summed E-state index contributed by atoms with van der Waals surface area (Å²) in [5.41, 5.74) is 0. The van der Waals surface area contributed by atoms with Gasteiger partial charge in [-0.1, -0.05) is 0 Å². The molecule has 0 aliphatic heterocycles. The molecule has 5 nitrogen and oxygen atoms in total. The van der Waals surface area contributed by atoms with Crippen LogP contribution in [0.1, 0.15) is 25.7 Å². The molecule has 0 atom stereocenters. The quantitative estimate of drug-likeness (QED) is 0.403.